The molecule has 6 rings (SSSR count). The van der Waals surface area contributed by atoms with Gasteiger partial charge in [0.15, 0.2) is 37.7 Å². The van der Waals surface area contributed by atoms with Crippen molar-refractivity contribution in [2.45, 2.75) is 424 Å². The average Bonchev–Trinajstić information content (AvgIpc) is 0.765. The van der Waals surface area contributed by atoms with Crippen molar-refractivity contribution in [1.29, 1.82) is 0 Å². The van der Waals surface area contributed by atoms with E-state index in [1.165, 1.54) is 129 Å². The maximum absolute atomic E-state index is 13.6. The molecule has 0 aromatic heterocycles. The molecule has 6 fully saturated rings. The number of amides is 3. The highest BCUT2D eigenvalue weighted by Crippen LogP contribution is 2.39. The SMILES string of the molecule is CCCCCCCCCCCCC/C=C/[C@@H](O)[C@H](CO[C@@H]1OC(CO)[C@@H](O[C@@H]2OC(CO)[C@H](O)[C@H](O[C@@H]3OC(CO)[C@@H](O[C@@H]4OC(CO)[C@H](O)[C@H](O[C@H]5OC(CO)[C@H](O)[C@H](O)C5NC(C)=O)C4O[C@H]4OC(C)[C@@H](O)C(O)[C@@H]4O)[C@H](O)C3NC(C)=O)C2O)[C@H](O)C1O)NC(=O)CCCCCCCCCCCCCCCCCCC. The summed E-state index contributed by atoms with van der Waals surface area (Å²) in [4.78, 5) is 39.1. The van der Waals surface area contributed by atoms with Gasteiger partial charge in [0.25, 0.3) is 0 Å². The van der Waals surface area contributed by atoms with E-state index in [1.54, 1.807) is 6.08 Å². The maximum Gasteiger partial charge on any atom is 0.220 e. The predicted molar refractivity (Wildman–Crippen MR) is 402 cm³/mol. The molecule has 0 aromatic carbocycles. The first kappa shape index (κ1) is 98.8. The summed E-state index contributed by atoms with van der Waals surface area (Å²) in [7, 11) is 0. The standard InChI is InChI=1S/C78H141N3O32/c1-6-8-10-12-14-16-18-20-21-22-23-25-27-29-31-33-35-37-54(90)81-47(48(89)36-34-32-30-28-26-24-19-17-15-13-11-9-7-2)43-102-75-66(100)64(98)69(53(42-86)108-75)109-77-67(101)70(59(93)50(39-83)105-77)111-74-56(80-46(5)88)62(96)68(52(41-85)107-74)110-78-72(113-76-65(99)63(97)57(91)44(3)103-76)71(60(94)51(40-84)106-78)112-73-55(79-45(4)87)61(95)58(92)49(38-82)104-73/h34,36,44,47-53,55-78,82-86,89,91-101H,6-33,35,37-43H2,1-5H3,(H,79,87)(H,80,88)(H,81,90)/b36-34+/t44?,47-,48+,49?,50?,51?,52?,53?,55?,56?,57+,58-,59-,60-,61+,62+,63?,64+,65-,66?,67?,68+,69+,70-,71-,72?,73+,74-,75+,76+,77-,78-/m0/s1. The van der Waals surface area contributed by atoms with Crippen LogP contribution < -0.4 is 16.0 Å². The molecule has 0 radical (unpaired) electrons. The Hall–Kier alpha value is -3.01. The Morgan fingerprint density at radius 3 is 1.23 bits per heavy atom. The van der Waals surface area contributed by atoms with Crippen molar-refractivity contribution >= 4 is 17.7 Å². The van der Waals surface area contributed by atoms with Gasteiger partial charge in [-0.05, 0) is 26.2 Å². The molecular formula is C78H141N3O32. The summed E-state index contributed by atoms with van der Waals surface area (Å²) < 4.78 is 72.4. The molecule has 660 valence electrons. The van der Waals surface area contributed by atoms with Gasteiger partial charge in [-0.25, -0.2) is 0 Å². The zero-order chi connectivity index (χ0) is 82.7. The van der Waals surface area contributed by atoms with Crippen LogP contribution in [0.4, 0.5) is 0 Å². The smallest absolute Gasteiger partial charge is 0.220 e. The molecule has 6 aliphatic rings. The number of ether oxygens (including phenoxy) is 12. The summed E-state index contributed by atoms with van der Waals surface area (Å²) in [5.74, 6) is -2.01. The van der Waals surface area contributed by atoms with Crippen LogP contribution in [0.5, 0.6) is 0 Å². The first-order valence-electron chi connectivity index (χ1n) is 41.8. The molecular weight excluding hydrogens is 1490 g/mol. The van der Waals surface area contributed by atoms with Crippen LogP contribution in [-0.4, -0.2) is 340 Å². The Morgan fingerprint density at radius 2 is 0.735 bits per heavy atom. The first-order valence-corrected chi connectivity index (χ1v) is 41.8. The number of rotatable bonds is 53. The van der Waals surface area contributed by atoms with Crippen LogP contribution in [-0.2, 0) is 71.2 Å². The lowest BCUT2D eigenvalue weighted by Crippen LogP contribution is -2.71. The number of carbonyl (C=O) groups is 3. The summed E-state index contributed by atoms with van der Waals surface area (Å²) in [5.41, 5.74) is 0. The molecule has 20 N–H and O–H groups in total. The second kappa shape index (κ2) is 52.9. The van der Waals surface area contributed by atoms with Crippen LogP contribution in [0.25, 0.3) is 0 Å². The fourth-order valence-electron chi connectivity index (χ4n) is 15.4. The average molecular weight is 1630 g/mol. The van der Waals surface area contributed by atoms with Gasteiger partial charge in [-0.1, -0.05) is 193 Å². The van der Waals surface area contributed by atoms with E-state index in [2.05, 4.69) is 29.8 Å². The number of nitrogens with one attached hydrogen (secondary N) is 3. The van der Waals surface area contributed by atoms with Gasteiger partial charge >= 0.3 is 0 Å². The third kappa shape index (κ3) is 30.6. The highest BCUT2D eigenvalue weighted by molar-refractivity contribution is 5.76. The molecule has 6 heterocycles. The fraction of sp³-hybridized carbons (Fsp3) is 0.936. The van der Waals surface area contributed by atoms with Gasteiger partial charge in [0.1, 0.15) is 140 Å². The van der Waals surface area contributed by atoms with Gasteiger partial charge in [0.2, 0.25) is 17.7 Å². The minimum atomic E-state index is -2.22. The lowest BCUT2D eigenvalue weighted by molar-refractivity contribution is -0.402. The molecule has 0 saturated carbocycles. The van der Waals surface area contributed by atoms with Crippen LogP contribution in [0.1, 0.15) is 227 Å². The number of hydrogen-bond donors (Lipinski definition) is 20. The monoisotopic (exact) mass is 1630 g/mol. The molecule has 3 amide bonds. The summed E-state index contributed by atoms with van der Waals surface area (Å²) in [6.07, 6.45) is -17.7. The largest absolute Gasteiger partial charge is 0.394 e. The van der Waals surface area contributed by atoms with E-state index < -0.39 is 248 Å². The Bertz CT molecular complexity index is 2620. The molecule has 35 heteroatoms. The van der Waals surface area contributed by atoms with E-state index in [0.717, 1.165) is 65.2 Å². The number of hydrogen-bond acceptors (Lipinski definition) is 32. The van der Waals surface area contributed by atoms with Crippen LogP contribution in [0, 0.1) is 0 Å². The lowest BCUT2D eigenvalue weighted by atomic mass is 9.93. The van der Waals surface area contributed by atoms with E-state index in [9.17, 15) is 101 Å². The van der Waals surface area contributed by atoms with Crippen molar-refractivity contribution < 1.29 is 158 Å². The summed E-state index contributed by atoms with van der Waals surface area (Å²) >= 11 is 0. The minimum absolute atomic E-state index is 0.174. The van der Waals surface area contributed by atoms with Gasteiger partial charge in [-0.3, -0.25) is 14.4 Å². The van der Waals surface area contributed by atoms with Crippen molar-refractivity contribution in [2.75, 3.05) is 39.6 Å². The number of carbonyl (C=O) groups excluding carboxylic acids is 3. The van der Waals surface area contributed by atoms with Crippen molar-refractivity contribution in [2.24, 2.45) is 0 Å². The molecule has 0 aromatic rings. The normalized spacial score (nSPS) is 37.0. The first-order chi connectivity index (χ1) is 54.3. The molecule has 12 unspecified atom stereocenters. The molecule has 35 nitrogen and oxygen atoms in total. The van der Waals surface area contributed by atoms with E-state index in [-0.39, 0.29) is 12.3 Å². The molecule has 6 saturated heterocycles. The highest BCUT2D eigenvalue weighted by atomic mass is 16.8. The lowest BCUT2D eigenvalue weighted by Gasteiger charge is -2.51. The molecule has 0 spiro atoms. The number of allylic oxidation sites excluding steroid dienone is 1. The van der Waals surface area contributed by atoms with Crippen molar-refractivity contribution in [3.05, 3.63) is 12.2 Å². The van der Waals surface area contributed by atoms with Crippen LogP contribution in [0.2, 0.25) is 0 Å². The van der Waals surface area contributed by atoms with Crippen molar-refractivity contribution in [3.8, 4) is 0 Å². The van der Waals surface area contributed by atoms with Crippen molar-refractivity contribution in [1.82, 2.24) is 16.0 Å². The number of unbranched alkanes of at least 4 members (excludes halogenated alkanes) is 27. The quantitative estimate of drug-likeness (QED) is 0.0267. The second-order valence-electron chi connectivity index (χ2n) is 31.3. The van der Waals surface area contributed by atoms with Crippen molar-refractivity contribution in [3.63, 3.8) is 0 Å². The number of aliphatic hydroxyl groups is 17. The Kier molecular flexibility index (Phi) is 46.3. The zero-order valence-corrected chi connectivity index (χ0v) is 66.8. The fourth-order valence-corrected chi connectivity index (χ4v) is 15.4. The predicted octanol–water partition coefficient (Wildman–Crippen LogP) is -0.616. The minimum Gasteiger partial charge on any atom is -0.394 e. The Morgan fingerprint density at radius 1 is 0.363 bits per heavy atom. The molecule has 32 atom stereocenters. The second-order valence-corrected chi connectivity index (χ2v) is 31.3. The third-order valence-corrected chi connectivity index (χ3v) is 22.2. The summed E-state index contributed by atoms with van der Waals surface area (Å²) in [6.45, 7) is 2.29. The van der Waals surface area contributed by atoms with Gasteiger partial charge in [-0.15, -0.1) is 0 Å². The van der Waals surface area contributed by atoms with Crippen LogP contribution in [0.3, 0.4) is 0 Å². The summed E-state index contributed by atoms with van der Waals surface area (Å²) in [6, 6.07) is -4.63. The van der Waals surface area contributed by atoms with Crippen LogP contribution >= 0.6 is 0 Å². The summed E-state index contributed by atoms with van der Waals surface area (Å²) in [5, 5.41) is 199. The Balaban J connectivity index is 1.13. The number of aliphatic hydroxyl groups excluding tert-OH is 17. The topological polar surface area (TPSA) is 542 Å². The maximum atomic E-state index is 13.6. The van der Waals surface area contributed by atoms with Gasteiger partial charge in [0, 0.05) is 20.3 Å². The molecule has 0 aliphatic carbocycles. The van der Waals surface area contributed by atoms with Crippen LogP contribution in [0.15, 0.2) is 12.2 Å². The van der Waals surface area contributed by atoms with E-state index in [4.69, 9.17) is 56.8 Å². The van der Waals surface area contributed by atoms with Gasteiger partial charge < -0.3 is 160 Å². The molecule has 0 bridgehead atoms. The molecule has 113 heavy (non-hydrogen) atoms. The van der Waals surface area contributed by atoms with E-state index in [1.807, 2.05) is 6.08 Å². The Labute approximate surface area is 664 Å². The zero-order valence-electron chi connectivity index (χ0n) is 66.8. The molecule has 6 aliphatic heterocycles. The third-order valence-electron chi connectivity index (χ3n) is 22.2. The highest BCUT2D eigenvalue weighted by Gasteiger charge is 2.59. The van der Waals surface area contributed by atoms with E-state index in [0.29, 0.717) is 12.8 Å². The van der Waals surface area contributed by atoms with Gasteiger partial charge in [0.05, 0.1) is 57.9 Å². The van der Waals surface area contributed by atoms with Gasteiger partial charge in [-0.2, -0.15) is 0 Å². The van der Waals surface area contributed by atoms with E-state index >= 15 is 0 Å².